The minimum atomic E-state index is -0.900. The number of rotatable bonds is 7. The van der Waals surface area contributed by atoms with Gasteiger partial charge in [-0.15, -0.1) is 0 Å². The highest BCUT2D eigenvalue weighted by atomic mass is 16.4. The van der Waals surface area contributed by atoms with E-state index in [0.29, 0.717) is 5.56 Å². The third kappa shape index (κ3) is 4.44. The summed E-state index contributed by atoms with van der Waals surface area (Å²) >= 11 is 0. The number of carboxylic acid groups (broad SMARTS) is 1. The van der Waals surface area contributed by atoms with Crippen LogP contribution in [0.25, 0.3) is 0 Å². The predicted molar refractivity (Wildman–Crippen MR) is 67.6 cm³/mol. The van der Waals surface area contributed by atoms with Gasteiger partial charge in [0, 0.05) is 18.8 Å². The van der Waals surface area contributed by atoms with Crippen LogP contribution in [0.3, 0.4) is 0 Å². The predicted octanol–water partition coefficient (Wildman–Crippen LogP) is 2.27. The maximum Gasteiger partial charge on any atom is 0.335 e. The molecule has 3 N–H and O–H groups in total. The van der Waals surface area contributed by atoms with Gasteiger partial charge in [-0.2, -0.15) is 0 Å². The number of nitrogens with one attached hydrogen (secondary N) is 1. The third-order valence-corrected chi connectivity index (χ3v) is 2.62. The number of carboxylic acids is 1. The molecule has 0 atom stereocenters. The van der Waals surface area contributed by atoms with Crippen LogP contribution in [-0.4, -0.2) is 29.3 Å². The van der Waals surface area contributed by atoms with E-state index in [2.05, 4.69) is 5.32 Å². The molecular formula is C13H19NO3. The van der Waals surface area contributed by atoms with Crippen LogP contribution in [0.15, 0.2) is 18.2 Å². The van der Waals surface area contributed by atoms with Gasteiger partial charge in [-0.25, -0.2) is 4.79 Å². The molecule has 0 aliphatic rings. The van der Waals surface area contributed by atoms with Crippen LogP contribution < -0.4 is 5.32 Å². The molecular weight excluding hydrogens is 218 g/mol. The largest absolute Gasteiger partial charge is 0.478 e. The Kier molecular flexibility index (Phi) is 5.49. The number of carbonyl (C=O) groups is 1. The molecule has 1 aromatic carbocycles. The van der Waals surface area contributed by atoms with Gasteiger partial charge in [-0.1, -0.05) is 0 Å². The lowest BCUT2D eigenvalue weighted by molar-refractivity contribution is 0.0697. The Morgan fingerprint density at radius 1 is 1.29 bits per heavy atom. The summed E-state index contributed by atoms with van der Waals surface area (Å²) in [6.07, 6.45) is 2.83. The number of hydrogen-bond acceptors (Lipinski definition) is 3. The van der Waals surface area contributed by atoms with Crippen LogP contribution in [0.1, 0.15) is 35.2 Å². The monoisotopic (exact) mass is 237 g/mol. The maximum atomic E-state index is 10.8. The maximum absolute atomic E-state index is 10.8. The molecule has 0 aromatic heterocycles. The fraction of sp³-hybridized carbons (Fsp3) is 0.462. The first kappa shape index (κ1) is 13.5. The highest BCUT2D eigenvalue weighted by molar-refractivity contribution is 5.88. The molecule has 0 radical (unpaired) electrons. The van der Waals surface area contributed by atoms with Crippen molar-refractivity contribution in [1.82, 2.24) is 0 Å². The van der Waals surface area contributed by atoms with Gasteiger partial charge in [0.25, 0.3) is 0 Å². The molecule has 4 nitrogen and oxygen atoms in total. The average Bonchev–Trinajstić information content (AvgIpc) is 2.30. The topological polar surface area (TPSA) is 69.6 Å². The van der Waals surface area contributed by atoms with Gasteiger partial charge in [-0.05, 0) is 49.9 Å². The Bertz CT molecular complexity index is 377. The highest BCUT2D eigenvalue weighted by Crippen LogP contribution is 2.16. The first-order valence-electron chi connectivity index (χ1n) is 5.84. The fourth-order valence-corrected chi connectivity index (χ4v) is 1.63. The zero-order chi connectivity index (χ0) is 12.7. The van der Waals surface area contributed by atoms with Crippen LogP contribution in [0, 0.1) is 6.92 Å². The highest BCUT2D eigenvalue weighted by Gasteiger charge is 2.04. The molecule has 17 heavy (non-hydrogen) atoms. The van der Waals surface area contributed by atoms with Crippen LogP contribution in [0.4, 0.5) is 5.69 Å². The van der Waals surface area contributed by atoms with Crippen molar-refractivity contribution in [1.29, 1.82) is 0 Å². The van der Waals surface area contributed by atoms with E-state index < -0.39 is 5.97 Å². The van der Waals surface area contributed by atoms with E-state index in [9.17, 15) is 4.79 Å². The molecule has 0 heterocycles. The number of hydrogen-bond donors (Lipinski definition) is 3. The van der Waals surface area contributed by atoms with Gasteiger partial charge in [-0.3, -0.25) is 0 Å². The second kappa shape index (κ2) is 6.91. The summed E-state index contributed by atoms with van der Waals surface area (Å²) in [6.45, 7) is 2.97. The molecule has 1 rings (SSSR count). The number of aromatic carboxylic acids is 1. The van der Waals surface area contributed by atoms with Crippen molar-refractivity contribution in [3.05, 3.63) is 29.3 Å². The molecule has 0 spiro atoms. The standard InChI is InChI=1S/C13H19NO3/c1-10-9-11(13(16)17)5-6-12(10)14-7-3-2-4-8-15/h5-6,9,14-15H,2-4,7-8H2,1H3,(H,16,17). The molecule has 0 saturated heterocycles. The van der Waals surface area contributed by atoms with Gasteiger partial charge in [0.15, 0.2) is 0 Å². The van der Waals surface area contributed by atoms with Crippen LogP contribution >= 0.6 is 0 Å². The second-order valence-corrected chi connectivity index (χ2v) is 4.05. The lowest BCUT2D eigenvalue weighted by atomic mass is 10.1. The first-order valence-corrected chi connectivity index (χ1v) is 5.84. The van der Waals surface area contributed by atoms with Gasteiger partial charge in [0.2, 0.25) is 0 Å². The van der Waals surface area contributed by atoms with E-state index in [4.69, 9.17) is 10.2 Å². The van der Waals surface area contributed by atoms with Gasteiger partial charge >= 0.3 is 5.97 Å². The summed E-state index contributed by atoms with van der Waals surface area (Å²) in [5, 5.41) is 20.7. The Labute approximate surface area is 101 Å². The van der Waals surface area contributed by atoms with E-state index in [-0.39, 0.29) is 6.61 Å². The summed E-state index contributed by atoms with van der Waals surface area (Å²) in [6, 6.07) is 5.06. The molecule has 0 amide bonds. The SMILES string of the molecule is Cc1cc(C(=O)O)ccc1NCCCCCO. The van der Waals surface area contributed by atoms with E-state index >= 15 is 0 Å². The minimum absolute atomic E-state index is 0.242. The van der Waals surface area contributed by atoms with Crippen molar-refractivity contribution in [3.63, 3.8) is 0 Å². The van der Waals surface area contributed by atoms with Crippen LogP contribution in [0.2, 0.25) is 0 Å². The Morgan fingerprint density at radius 2 is 2.06 bits per heavy atom. The number of aryl methyl sites for hydroxylation is 1. The summed E-state index contributed by atoms with van der Waals surface area (Å²) in [7, 11) is 0. The van der Waals surface area contributed by atoms with Crippen LogP contribution in [0.5, 0.6) is 0 Å². The molecule has 1 aromatic rings. The van der Waals surface area contributed by atoms with Crippen LogP contribution in [-0.2, 0) is 0 Å². The number of benzene rings is 1. The van der Waals surface area contributed by atoms with Gasteiger partial charge in [0.1, 0.15) is 0 Å². The lowest BCUT2D eigenvalue weighted by Gasteiger charge is -2.09. The molecule has 0 aliphatic heterocycles. The third-order valence-electron chi connectivity index (χ3n) is 2.62. The van der Waals surface area contributed by atoms with E-state index in [1.807, 2.05) is 6.92 Å². The van der Waals surface area contributed by atoms with Crippen molar-refractivity contribution in [2.45, 2.75) is 26.2 Å². The Balaban J connectivity index is 2.46. The average molecular weight is 237 g/mol. The smallest absolute Gasteiger partial charge is 0.335 e. The number of aliphatic hydroxyl groups is 1. The quantitative estimate of drug-likeness (QED) is 0.636. The normalized spacial score (nSPS) is 10.2. The summed E-state index contributed by atoms with van der Waals surface area (Å²) in [5.41, 5.74) is 2.22. The van der Waals surface area contributed by atoms with E-state index in [0.717, 1.165) is 37.1 Å². The Morgan fingerprint density at radius 3 is 2.65 bits per heavy atom. The van der Waals surface area contributed by atoms with Crippen molar-refractivity contribution in [2.75, 3.05) is 18.5 Å². The Hall–Kier alpha value is -1.55. The summed E-state index contributed by atoms with van der Waals surface area (Å²) in [4.78, 5) is 10.8. The molecule has 0 bridgehead atoms. The summed E-state index contributed by atoms with van der Waals surface area (Å²) in [5.74, 6) is -0.900. The van der Waals surface area contributed by atoms with Crippen molar-refractivity contribution < 1.29 is 15.0 Å². The van der Waals surface area contributed by atoms with E-state index in [1.165, 1.54) is 0 Å². The molecule has 0 aliphatic carbocycles. The molecule has 0 saturated carbocycles. The molecule has 94 valence electrons. The van der Waals surface area contributed by atoms with E-state index in [1.54, 1.807) is 18.2 Å². The van der Waals surface area contributed by atoms with Gasteiger partial charge < -0.3 is 15.5 Å². The van der Waals surface area contributed by atoms with Crippen molar-refractivity contribution in [2.24, 2.45) is 0 Å². The molecule has 0 unspecified atom stereocenters. The zero-order valence-electron chi connectivity index (χ0n) is 10.1. The first-order chi connectivity index (χ1) is 8.15. The van der Waals surface area contributed by atoms with Crippen molar-refractivity contribution in [3.8, 4) is 0 Å². The number of anilines is 1. The number of unbranched alkanes of at least 4 members (excludes halogenated alkanes) is 2. The molecule has 0 fully saturated rings. The lowest BCUT2D eigenvalue weighted by Crippen LogP contribution is -2.04. The fourth-order valence-electron chi connectivity index (χ4n) is 1.63. The van der Waals surface area contributed by atoms with Crippen molar-refractivity contribution >= 4 is 11.7 Å². The number of aliphatic hydroxyl groups excluding tert-OH is 1. The minimum Gasteiger partial charge on any atom is -0.478 e. The zero-order valence-corrected chi connectivity index (χ0v) is 10.1. The molecule has 4 heteroatoms. The second-order valence-electron chi connectivity index (χ2n) is 4.05. The van der Waals surface area contributed by atoms with Gasteiger partial charge in [0.05, 0.1) is 5.56 Å². The summed E-state index contributed by atoms with van der Waals surface area (Å²) < 4.78 is 0.